The van der Waals surface area contributed by atoms with E-state index in [0.29, 0.717) is 16.8 Å². The Balaban J connectivity index is 2.37. The van der Waals surface area contributed by atoms with Crippen LogP contribution in [0.2, 0.25) is 5.02 Å². The number of hydrogen-bond donors (Lipinski definition) is 1. The van der Waals surface area contributed by atoms with Gasteiger partial charge in [-0.2, -0.15) is 0 Å². The van der Waals surface area contributed by atoms with Crippen molar-refractivity contribution in [3.63, 3.8) is 0 Å². The van der Waals surface area contributed by atoms with Crippen LogP contribution in [0.25, 0.3) is 10.9 Å². The van der Waals surface area contributed by atoms with Crippen molar-refractivity contribution in [2.75, 3.05) is 0 Å². The molecule has 1 heterocycles. The van der Waals surface area contributed by atoms with Crippen LogP contribution in [0.4, 0.5) is 4.39 Å². The molecule has 0 atom stereocenters. The van der Waals surface area contributed by atoms with Gasteiger partial charge in [0.15, 0.2) is 5.43 Å². The molecule has 0 amide bonds. The fourth-order valence-electron chi connectivity index (χ4n) is 1.91. The molecule has 2 aromatic rings. The van der Waals surface area contributed by atoms with E-state index in [9.17, 15) is 9.18 Å². The first kappa shape index (κ1) is 9.85. The van der Waals surface area contributed by atoms with Gasteiger partial charge in [0.2, 0.25) is 0 Å². The van der Waals surface area contributed by atoms with Gasteiger partial charge in [0.05, 0.1) is 10.5 Å². The summed E-state index contributed by atoms with van der Waals surface area (Å²) in [5.41, 5.74) is 1.28. The Bertz CT molecular complexity index is 631. The molecule has 1 aliphatic rings. The smallest absolute Gasteiger partial charge is 0.189 e. The Morgan fingerprint density at radius 1 is 1.31 bits per heavy atom. The Labute approximate surface area is 96.1 Å². The summed E-state index contributed by atoms with van der Waals surface area (Å²) in [6.45, 7) is 0. The highest BCUT2D eigenvalue weighted by atomic mass is 35.5. The minimum absolute atomic E-state index is 0.169. The fraction of sp³-hybridized carbons (Fsp3) is 0.250. The summed E-state index contributed by atoms with van der Waals surface area (Å²) >= 11 is 5.92. The zero-order valence-corrected chi connectivity index (χ0v) is 9.14. The summed E-state index contributed by atoms with van der Waals surface area (Å²) in [5.74, 6) is -0.0413. The van der Waals surface area contributed by atoms with Crippen LogP contribution in [0, 0.1) is 5.82 Å². The lowest BCUT2D eigenvalue weighted by molar-refractivity contribution is 0.629. The number of fused-ring (bicyclic) bond motifs is 1. The van der Waals surface area contributed by atoms with E-state index >= 15 is 0 Å². The van der Waals surface area contributed by atoms with E-state index in [-0.39, 0.29) is 10.5 Å². The van der Waals surface area contributed by atoms with Gasteiger partial charge < -0.3 is 4.98 Å². The second kappa shape index (κ2) is 3.32. The molecule has 16 heavy (non-hydrogen) atoms. The van der Waals surface area contributed by atoms with Crippen molar-refractivity contribution in [3.05, 3.63) is 45.0 Å². The summed E-state index contributed by atoms with van der Waals surface area (Å²) in [5, 5.41) is 0.573. The van der Waals surface area contributed by atoms with Crippen molar-refractivity contribution in [2.24, 2.45) is 0 Å². The molecule has 3 rings (SSSR count). The van der Waals surface area contributed by atoms with E-state index in [1.807, 2.05) is 0 Å². The largest absolute Gasteiger partial charge is 0.357 e. The number of hydrogen-bond acceptors (Lipinski definition) is 1. The second-order valence-corrected chi connectivity index (χ2v) is 4.58. The zero-order valence-electron chi connectivity index (χ0n) is 8.39. The predicted molar refractivity (Wildman–Crippen MR) is 61.5 cm³/mol. The summed E-state index contributed by atoms with van der Waals surface area (Å²) in [6.07, 6.45) is 2.19. The number of H-pyrrole nitrogens is 1. The molecule has 1 N–H and O–H groups in total. The second-order valence-electron chi connectivity index (χ2n) is 4.17. The monoisotopic (exact) mass is 237 g/mol. The zero-order chi connectivity index (χ0) is 11.3. The molecule has 82 valence electrons. The maximum atomic E-state index is 13.1. The van der Waals surface area contributed by atoms with Gasteiger partial charge in [-0.25, -0.2) is 4.39 Å². The van der Waals surface area contributed by atoms with E-state index in [2.05, 4.69) is 4.98 Å². The molecule has 1 saturated carbocycles. The molecular formula is C12H9ClFNO. The third kappa shape index (κ3) is 1.52. The standard InChI is InChI=1S/C12H9ClFNO/c13-9-4-7(14)3-8-11(16)5-10(6-1-2-6)15-12(8)9/h3-6H,1-2H2,(H,15,16). The highest BCUT2D eigenvalue weighted by Crippen LogP contribution is 2.39. The van der Waals surface area contributed by atoms with Gasteiger partial charge in [0, 0.05) is 17.1 Å². The van der Waals surface area contributed by atoms with E-state index in [0.717, 1.165) is 18.5 Å². The van der Waals surface area contributed by atoms with Gasteiger partial charge in [-0.05, 0) is 30.9 Å². The van der Waals surface area contributed by atoms with Gasteiger partial charge in [-0.1, -0.05) is 11.6 Å². The summed E-state index contributed by atoms with van der Waals surface area (Å²) in [7, 11) is 0. The van der Waals surface area contributed by atoms with Crippen LogP contribution < -0.4 is 5.43 Å². The SMILES string of the molecule is O=c1cc(C2CC2)[nH]c2c(Cl)cc(F)cc12. The molecule has 1 aromatic heterocycles. The number of benzene rings is 1. The van der Waals surface area contributed by atoms with E-state index < -0.39 is 5.82 Å². The van der Waals surface area contributed by atoms with Crippen molar-refractivity contribution in [2.45, 2.75) is 18.8 Å². The first-order valence-corrected chi connectivity index (χ1v) is 5.55. The molecule has 1 fully saturated rings. The third-order valence-electron chi connectivity index (χ3n) is 2.89. The third-order valence-corrected chi connectivity index (χ3v) is 3.19. The first-order valence-electron chi connectivity index (χ1n) is 5.17. The van der Waals surface area contributed by atoms with E-state index in [1.165, 1.54) is 12.1 Å². The van der Waals surface area contributed by atoms with Crippen LogP contribution in [0.5, 0.6) is 0 Å². The number of halogens is 2. The molecule has 0 bridgehead atoms. The molecule has 1 aromatic carbocycles. The normalized spacial score (nSPS) is 15.6. The number of aromatic amines is 1. The summed E-state index contributed by atoms with van der Waals surface area (Å²) in [4.78, 5) is 14.9. The molecule has 0 radical (unpaired) electrons. The van der Waals surface area contributed by atoms with Crippen LogP contribution in [-0.4, -0.2) is 4.98 Å². The fourth-order valence-corrected chi connectivity index (χ4v) is 2.16. The number of aromatic nitrogens is 1. The lowest BCUT2D eigenvalue weighted by Gasteiger charge is -2.04. The average Bonchev–Trinajstić information content (AvgIpc) is 3.02. The van der Waals surface area contributed by atoms with Gasteiger partial charge in [-0.3, -0.25) is 4.79 Å². The van der Waals surface area contributed by atoms with Gasteiger partial charge in [0.25, 0.3) is 0 Å². The molecule has 0 aliphatic heterocycles. The van der Waals surface area contributed by atoms with Crippen LogP contribution in [0.1, 0.15) is 24.5 Å². The van der Waals surface area contributed by atoms with Crippen molar-refractivity contribution in [1.82, 2.24) is 4.98 Å². The molecule has 1 aliphatic carbocycles. The lowest BCUT2D eigenvalue weighted by Crippen LogP contribution is -2.05. The predicted octanol–water partition coefficient (Wildman–Crippen LogP) is 3.20. The summed E-state index contributed by atoms with van der Waals surface area (Å²) < 4.78 is 13.1. The van der Waals surface area contributed by atoms with Crippen LogP contribution >= 0.6 is 11.6 Å². The maximum absolute atomic E-state index is 13.1. The Morgan fingerprint density at radius 3 is 2.75 bits per heavy atom. The number of pyridine rings is 1. The highest BCUT2D eigenvalue weighted by molar-refractivity contribution is 6.35. The minimum Gasteiger partial charge on any atom is -0.357 e. The molecule has 4 heteroatoms. The maximum Gasteiger partial charge on any atom is 0.189 e. The Morgan fingerprint density at radius 2 is 2.06 bits per heavy atom. The number of nitrogens with one attached hydrogen (secondary N) is 1. The number of rotatable bonds is 1. The van der Waals surface area contributed by atoms with Crippen LogP contribution in [-0.2, 0) is 0 Å². The van der Waals surface area contributed by atoms with Gasteiger partial charge >= 0.3 is 0 Å². The first-order chi connectivity index (χ1) is 7.65. The van der Waals surface area contributed by atoms with Crippen molar-refractivity contribution in [1.29, 1.82) is 0 Å². The van der Waals surface area contributed by atoms with Crippen molar-refractivity contribution >= 4 is 22.5 Å². The molecule has 0 unspecified atom stereocenters. The van der Waals surface area contributed by atoms with Gasteiger partial charge in [-0.15, -0.1) is 0 Å². The molecule has 2 nitrogen and oxygen atoms in total. The van der Waals surface area contributed by atoms with E-state index in [4.69, 9.17) is 11.6 Å². The van der Waals surface area contributed by atoms with E-state index in [1.54, 1.807) is 6.07 Å². The Hall–Kier alpha value is -1.35. The topological polar surface area (TPSA) is 32.9 Å². The Kier molecular flexibility index (Phi) is 2.04. The van der Waals surface area contributed by atoms with Gasteiger partial charge in [0.1, 0.15) is 5.82 Å². The van der Waals surface area contributed by atoms with Crippen LogP contribution in [0.3, 0.4) is 0 Å². The lowest BCUT2D eigenvalue weighted by atomic mass is 10.1. The van der Waals surface area contributed by atoms with Crippen LogP contribution in [0.15, 0.2) is 23.0 Å². The summed E-state index contributed by atoms with van der Waals surface area (Å²) in [6, 6.07) is 3.99. The highest BCUT2D eigenvalue weighted by Gasteiger charge is 2.25. The average molecular weight is 238 g/mol. The minimum atomic E-state index is -0.484. The van der Waals surface area contributed by atoms with Crippen molar-refractivity contribution < 1.29 is 4.39 Å². The van der Waals surface area contributed by atoms with Crippen molar-refractivity contribution in [3.8, 4) is 0 Å². The molecular weight excluding hydrogens is 229 g/mol. The molecule has 0 saturated heterocycles. The quantitative estimate of drug-likeness (QED) is 0.812. The molecule has 0 spiro atoms.